The normalized spacial score (nSPS) is 28.6. The average molecular weight is 360 g/mol. The average Bonchev–Trinajstić information content (AvgIpc) is 2.97. The van der Waals surface area contributed by atoms with E-state index in [0.29, 0.717) is 5.69 Å². The van der Waals surface area contributed by atoms with Crippen molar-refractivity contribution in [2.75, 3.05) is 0 Å². The molecule has 2 aliphatic rings. The second kappa shape index (κ2) is 6.49. The van der Waals surface area contributed by atoms with Gasteiger partial charge < -0.3 is 24.5 Å². The SMILES string of the molecule is Cn1cccc1C(=O)[C@@H](O)[C@@H]1C(=O)N2[C@@H]1SC(C)(C)[C@@H]2C(=O)[O-].[Na+]. The first kappa shape index (κ1) is 19.5. The number of carbonyl (C=O) groups excluding carboxylic acids is 3. The second-order valence-corrected chi connectivity index (χ2v) is 8.19. The van der Waals surface area contributed by atoms with Gasteiger partial charge in [-0.25, -0.2) is 0 Å². The van der Waals surface area contributed by atoms with E-state index in [9.17, 15) is 24.6 Å². The summed E-state index contributed by atoms with van der Waals surface area (Å²) in [4.78, 5) is 37.3. The Hall–Kier alpha value is -0.800. The van der Waals surface area contributed by atoms with E-state index >= 15 is 0 Å². The summed E-state index contributed by atoms with van der Waals surface area (Å²) in [7, 11) is 1.68. The maximum atomic E-state index is 12.4. The number of hydrogen-bond acceptors (Lipinski definition) is 6. The van der Waals surface area contributed by atoms with Crippen molar-refractivity contribution in [3.05, 3.63) is 24.0 Å². The number of fused-ring (bicyclic) bond motifs is 1. The van der Waals surface area contributed by atoms with Crippen LogP contribution in [0.1, 0.15) is 24.3 Å². The van der Waals surface area contributed by atoms with E-state index in [1.807, 2.05) is 0 Å². The van der Waals surface area contributed by atoms with Crippen LogP contribution in [0.5, 0.6) is 0 Å². The number of aliphatic hydroxyl groups excluding tert-OH is 1. The van der Waals surface area contributed by atoms with E-state index in [4.69, 9.17) is 0 Å². The van der Waals surface area contributed by atoms with Gasteiger partial charge in [-0.3, -0.25) is 9.59 Å². The van der Waals surface area contributed by atoms with E-state index in [1.54, 1.807) is 43.8 Å². The molecular formula is C15H17N2NaO5S. The molecule has 124 valence electrons. The Morgan fingerprint density at radius 1 is 1.42 bits per heavy atom. The van der Waals surface area contributed by atoms with Gasteiger partial charge in [-0.05, 0) is 26.0 Å². The Bertz CT molecular complexity index is 704. The van der Waals surface area contributed by atoms with E-state index in [2.05, 4.69) is 0 Å². The summed E-state index contributed by atoms with van der Waals surface area (Å²) >= 11 is 1.28. The molecule has 1 amide bonds. The first-order valence-corrected chi connectivity index (χ1v) is 8.09. The zero-order valence-corrected chi connectivity index (χ0v) is 16.7. The molecule has 0 unspecified atom stereocenters. The van der Waals surface area contributed by atoms with Crippen molar-refractivity contribution in [2.24, 2.45) is 13.0 Å². The van der Waals surface area contributed by atoms with Crippen LogP contribution in [0.25, 0.3) is 0 Å². The first-order valence-electron chi connectivity index (χ1n) is 7.21. The number of β-lactam (4-membered cyclic amide) rings is 1. The maximum Gasteiger partial charge on any atom is 1.00 e. The summed E-state index contributed by atoms with van der Waals surface area (Å²) in [5, 5.41) is 21.2. The predicted octanol–water partition coefficient (Wildman–Crippen LogP) is -4.00. The Morgan fingerprint density at radius 2 is 2.04 bits per heavy atom. The largest absolute Gasteiger partial charge is 1.00 e. The molecule has 4 atom stereocenters. The molecule has 0 saturated carbocycles. The number of rotatable bonds is 4. The Kier molecular flexibility index (Phi) is 5.28. The monoisotopic (exact) mass is 360 g/mol. The minimum Gasteiger partial charge on any atom is -0.548 e. The smallest absolute Gasteiger partial charge is 0.548 e. The van der Waals surface area contributed by atoms with Gasteiger partial charge in [-0.2, -0.15) is 0 Å². The zero-order valence-electron chi connectivity index (χ0n) is 13.9. The summed E-state index contributed by atoms with van der Waals surface area (Å²) in [5.74, 6) is -3.30. The molecular weight excluding hydrogens is 343 g/mol. The molecule has 2 aliphatic heterocycles. The molecule has 7 nitrogen and oxygen atoms in total. The van der Waals surface area contributed by atoms with Gasteiger partial charge in [0.1, 0.15) is 12.0 Å². The number of hydrogen-bond donors (Lipinski definition) is 1. The number of ketones is 1. The van der Waals surface area contributed by atoms with Crippen LogP contribution in [0.15, 0.2) is 18.3 Å². The van der Waals surface area contributed by atoms with Crippen molar-refractivity contribution in [1.82, 2.24) is 9.47 Å². The zero-order chi connectivity index (χ0) is 17.1. The number of carboxylic acid groups (broad SMARTS) is 1. The van der Waals surface area contributed by atoms with Crippen molar-refractivity contribution in [3.8, 4) is 0 Å². The molecule has 2 fully saturated rings. The van der Waals surface area contributed by atoms with Crippen LogP contribution >= 0.6 is 11.8 Å². The second-order valence-electron chi connectivity index (χ2n) is 6.42. The number of aliphatic carboxylic acids is 1. The fourth-order valence-electron chi connectivity index (χ4n) is 3.35. The fraction of sp³-hybridized carbons (Fsp3) is 0.533. The van der Waals surface area contributed by atoms with Gasteiger partial charge >= 0.3 is 29.6 Å². The molecule has 3 rings (SSSR count). The fourth-order valence-corrected chi connectivity index (χ4v) is 5.06. The molecule has 1 N–H and O–H groups in total. The van der Waals surface area contributed by atoms with Gasteiger partial charge in [0.2, 0.25) is 11.7 Å². The topological polar surface area (TPSA) is 103 Å². The quantitative estimate of drug-likeness (QED) is 0.334. The molecule has 3 heterocycles. The molecule has 0 aromatic carbocycles. The van der Waals surface area contributed by atoms with Gasteiger partial charge in [0.15, 0.2) is 0 Å². The van der Waals surface area contributed by atoms with Crippen LogP contribution < -0.4 is 34.7 Å². The van der Waals surface area contributed by atoms with Gasteiger partial charge in [-0.15, -0.1) is 11.8 Å². The standard InChI is InChI=1S/C15H18N2O5S.Na/c1-15(2)11(14(21)22)17-12(20)8(13(17)23-15)10(19)9(18)7-5-4-6-16(7)3;/h4-6,8,10-11,13,19H,1-3H3,(H,21,22);/q;+1/p-1/t8-,10+,11+,13-;/m1./s1. The summed E-state index contributed by atoms with van der Waals surface area (Å²) in [6.07, 6.45) is 0.190. The Balaban J connectivity index is 0.00000208. The molecule has 24 heavy (non-hydrogen) atoms. The molecule has 0 radical (unpaired) electrons. The summed E-state index contributed by atoms with van der Waals surface area (Å²) < 4.78 is 0.837. The van der Waals surface area contributed by atoms with Crippen molar-refractivity contribution in [3.63, 3.8) is 0 Å². The van der Waals surface area contributed by atoms with Gasteiger partial charge in [0.25, 0.3) is 0 Å². The third kappa shape index (κ3) is 2.74. The third-order valence-corrected chi connectivity index (χ3v) is 6.10. The van der Waals surface area contributed by atoms with Crippen LogP contribution in [-0.4, -0.2) is 54.5 Å². The first-order chi connectivity index (χ1) is 10.7. The number of nitrogens with zero attached hydrogens (tertiary/aromatic N) is 2. The van der Waals surface area contributed by atoms with Gasteiger partial charge in [0.05, 0.1) is 23.1 Å². The number of aromatic nitrogens is 1. The number of aryl methyl sites for hydroxylation is 1. The van der Waals surface area contributed by atoms with Crippen molar-refractivity contribution >= 4 is 29.4 Å². The van der Waals surface area contributed by atoms with E-state index in [0.717, 1.165) is 0 Å². The minimum absolute atomic E-state index is 0. The predicted molar refractivity (Wildman–Crippen MR) is 80.3 cm³/mol. The van der Waals surface area contributed by atoms with Crippen molar-refractivity contribution in [2.45, 2.75) is 36.1 Å². The molecule has 1 aromatic rings. The van der Waals surface area contributed by atoms with Gasteiger partial charge in [-0.1, -0.05) is 0 Å². The van der Waals surface area contributed by atoms with Crippen LogP contribution in [0.4, 0.5) is 0 Å². The number of thioether (sulfide) groups is 1. The number of aliphatic hydroxyl groups is 1. The number of Topliss-reactive ketones (excluding diaryl/α,β-unsaturated/α-hetero) is 1. The van der Waals surface area contributed by atoms with Crippen LogP contribution in [0.2, 0.25) is 0 Å². The van der Waals surface area contributed by atoms with Crippen LogP contribution in [-0.2, 0) is 16.6 Å². The van der Waals surface area contributed by atoms with Gasteiger partial charge in [0, 0.05) is 18.0 Å². The third-order valence-electron chi connectivity index (χ3n) is 4.51. The summed E-state index contributed by atoms with van der Waals surface area (Å²) in [6, 6.07) is 2.19. The number of carbonyl (C=O) groups is 3. The number of amides is 1. The molecule has 0 spiro atoms. The Morgan fingerprint density at radius 3 is 2.54 bits per heavy atom. The van der Waals surface area contributed by atoms with Crippen LogP contribution in [0, 0.1) is 5.92 Å². The maximum absolute atomic E-state index is 12.4. The van der Waals surface area contributed by atoms with E-state index < -0.39 is 45.8 Å². The van der Waals surface area contributed by atoms with Crippen molar-refractivity contribution < 1.29 is 54.2 Å². The summed E-state index contributed by atoms with van der Waals surface area (Å²) in [5.41, 5.74) is 0.308. The van der Waals surface area contributed by atoms with E-state index in [-0.39, 0.29) is 29.6 Å². The number of carboxylic acids is 1. The Labute approximate surface area is 165 Å². The van der Waals surface area contributed by atoms with Crippen molar-refractivity contribution in [1.29, 1.82) is 0 Å². The van der Waals surface area contributed by atoms with Crippen LogP contribution in [0.3, 0.4) is 0 Å². The molecule has 0 aliphatic carbocycles. The summed E-state index contributed by atoms with van der Waals surface area (Å²) in [6.45, 7) is 3.43. The van der Waals surface area contributed by atoms with E-state index in [1.165, 1.54) is 16.7 Å². The minimum atomic E-state index is -1.49. The molecule has 9 heteroatoms. The molecule has 1 aromatic heterocycles. The molecule has 2 saturated heterocycles. The molecule has 0 bridgehead atoms.